The summed E-state index contributed by atoms with van der Waals surface area (Å²) >= 11 is 0. The molecule has 2 unspecified atom stereocenters. The second-order valence-corrected chi connectivity index (χ2v) is 6.72. The van der Waals surface area contributed by atoms with E-state index in [0.717, 1.165) is 44.9 Å². The molecule has 2 aliphatic heterocycles. The van der Waals surface area contributed by atoms with E-state index in [0.29, 0.717) is 6.10 Å². The Balaban J connectivity index is 1.48. The molecule has 3 aliphatic rings. The van der Waals surface area contributed by atoms with Gasteiger partial charge in [-0.15, -0.1) is 0 Å². The molecule has 2 heterocycles. The third-order valence-corrected chi connectivity index (χ3v) is 5.04. The van der Waals surface area contributed by atoms with Gasteiger partial charge in [-0.05, 0) is 38.8 Å². The van der Waals surface area contributed by atoms with E-state index >= 15 is 0 Å². The van der Waals surface area contributed by atoms with Gasteiger partial charge in [0.05, 0.1) is 12.7 Å². The summed E-state index contributed by atoms with van der Waals surface area (Å²) in [6.07, 6.45) is 7.34. The molecule has 1 N–H and O–H groups in total. The average molecular weight is 281 g/mol. The number of ether oxygens (including phenoxy) is 1. The van der Waals surface area contributed by atoms with Crippen LogP contribution < -0.4 is 5.32 Å². The van der Waals surface area contributed by atoms with Gasteiger partial charge in [0.25, 0.3) is 0 Å². The number of hydrogen-bond acceptors (Lipinski definition) is 4. The number of rotatable bonds is 6. The first-order chi connectivity index (χ1) is 9.85. The van der Waals surface area contributed by atoms with Crippen molar-refractivity contribution in [2.45, 2.75) is 57.2 Å². The van der Waals surface area contributed by atoms with Gasteiger partial charge < -0.3 is 10.1 Å². The quantitative estimate of drug-likeness (QED) is 0.794. The van der Waals surface area contributed by atoms with E-state index in [4.69, 9.17) is 4.74 Å². The Hall–Kier alpha value is -0.160. The van der Waals surface area contributed by atoms with Crippen molar-refractivity contribution >= 4 is 0 Å². The van der Waals surface area contributed by atoms with Crippen LogP contribution in [-0.2, 0) is 4.74 Å². The molecule has 0 aromatic carbocycles. The van der Waals surface area contributed by atoms with Crippen molar-refractivity contribution in [2.24, 2.45) is 0 Å². The maximum atomic E-state index is 6.00. The van der Waals surface area contributed by atoms with Crippen molar-refractivity contribution in [1.29, 1.82) is 0 Å². The number of nitrogens with zero attached hydrogens (tertiary/aromatic N) is 2. The minimum atomic E-state index is 0.424. The molecule has 1 saturated carbocycles. The SMILES string of the molecule is CCN1CCOC(CN(CC2CCCCN2)C2CC2)C1. The minimum Gasteiger partial charge on any atom is -0.374 e. The van der Waals surface area contributed by atoms with Gasteiger partial charge in [-0.2, -0.15) is 0 Å². The van der Waals surface area contributed by atoms with Crippen molar-refractivity contribution in [3.05, 3.63) is 0 Å². The van der Waals surface area contributed by atoms with Crippen molar-refractivity contribution in [2.75, 3.05) is 45.9 Å². The van der Waals surface area contributed by atoms with Crippen LogP contribution in [-0.4, -0.2) is 73.9 Å². The van der Waals surface area contributed by atoms with Gasteiger partial charge in [0.2, 0.25) is 0 Å². The van der Waals surface area contributed by atoms with E-state index in [9.17, 15) is 0 Å². The number of morpholine rings is 1. The number of piperidine rings is 1. The first kappa shape index (κ1) is 14.8. The van der Waals surface area contributed by atoms with Crippen LogP contribution in [0.1, 0.15) is 39.0 Å². The summed E-state index contributed by atoms with van der Waals surface area (Å²) in [7, 11) is 0. The molecule has 0 aromatic heterocycles. The Morgan fingerprint density at radius 3 is 2.80 bits per heavy atom. The first-order valence-corrected chi connectivity index (χ1v) is 8.66. The topological polar surface area (TPSA) is 27.7 Å². The highest BCUT2D eigenvalue weighted by Gasteiger charge is 2.33. The summed E-state index contributed by atoms with van der Waals surface area (Å²) in [5, 5.41) is 3.70. The van der Waals surface area contributed by atoms with Crippen LogP contribution in [0.2, 0.25) is 0 Å². The highest BCUT2D eigenvalue weighted by atomic mass is 16.5. The summed E-state index contributed by atoms with van der Waals surface area (Å²) in [6, 6.07) is 1.56. The molecule has 0 aromatic rings. The summed E-state index contributed by atoms with van der Waals surface area (Å²) in [4.78, 5) is 5.24. The zero-order valence-electron chi connectivity index (χ0n) is 13.0. The fraction of sp³-hybridized carbons (Fsp3) is 1.00. The maximum absolute atomic E-state index is 6.00. The van der Waals surface area contributed by atoms with Gasteiger partial charge in [0.15, 0.2) is 0 Å². The molecular formula is C16H31N3O. The van der Waals surface area contributed by atoms with Crippen LogP contribution in [0, 0.1) is 0 Å². The highest BCUT2D eigenvalue weighted by Crippen LogP contribution is 2.28. The smallest absolute Gasteiger partial charge is 0.0829 e. The van der Waals surface area contributed by atoms with Crippen LogP contribution in [0.3, 0.4) is 0 Å². The number of likely N-dealkylation sites (N-methyl/N-ethyl adjacent to an activating group) is 1. The zero-order valence-corrected chi connectivity index (χ0v) is 13.0. The van der Waals surface area contributed by atoms with E-state index in [1.807, 2.05) is 0 Å². The van der Waals surface area contributed by atoms with Crippen LogP contribution >= 0.6 is 0 Å². The van der Waals surface area contributed by atoms with Crippen molar-refractivity contribution in [3.8, 4) is 0 Å². The summed E-state index contributed by atoms with van der Waals surface area (Å²) in [5.41, 5.74) is 0. The third kappa shape index (κ3) is 4.17. The standard InChI is InChI=1S/C16H31N3O/c1-2-18-9-10-20-16(12-18)13-19(15-6-7-15)11-14-5-3-4-8-17-14/h14-17H,2-13H2,1H3. The normalized spacial score (nSPS) is 32.7. The lowest BCUT2D eigenvalue weighted by Crippen LogP contribution is -2.51. The molecule has 0 amide bonds. The molecule has 3 fully saturated rings. The highest BCUT2D eigenvalue weighted by molar-refractivity contribution is 4.90. The predicted molar refractivity (Wildman–Crippen MR) is 82.1 cm³/mol. The van der Waals surface area contributed by atoms with Crippen LogP contribution in [0.5, 0.6) is 0 Å². The summed E-state index contributed by atoms with van der Waals surface area (Å²) in [5.74, 6) is 0. The van der Waals surface area contributed by atoms with Gasteiger partial charge in [-0.1, -0.05) is 13.3 Å². The van der Waals surface area contributed by atoms with Gasteiger partial charge >= 0.3 is 0 Å². The monoisotopic (exact) mass is 281 g/mol. The molecule has 20 heavy (non-hydrogen) atoms. The lowest BCUT2D eigenvalue weighted by Gasteiger charge is -2.37. The fourth-order valence-corrected chi connectivity index (χ4v) is 3.61. The Labute approximate surface area is 123 Å². The predicted octanol–water partition coefficient (Wildman–Crippen LogP) is 1.31. The van der Waals surface area contributed by atoms with E-state index in [2.05, 4.69) is 22.0 Å². The Morgan fingerprint density at radius 1 is 1.20 bits per heavy atom. The number of nitrogens with one attached hydrogen (secondary N) is 1. The first-order valence-electron chi connectivity index (χ1n) is 8.66. The zero-order chi connectivity index (χ0) is 13.8. The second kappa shape index (κ2) is 7.21. The van der Waals surface area contributed by atoms with E-state index in [1.54, 1.807) is 0 Å². The van der Waals surface area contributed by atoms with Crippen LogP contribution in [0.25, 0.3) is 0 Å². The van der Waals surface area contributed by atoms with Crippen molar-refractivity contribution in [1.82, 2.24) is 15.1 Å². The van der Waals surface area contributed by atoms with Gasteiger partial charge in [0.1, 0.15) is 0 Å². The minimum absolute atomic E-state index is 0.424. The molecular weight excluding hydrogens is 250 g/mol. The van der Waals surface area contributed by atoms with Crippen molar-refractivity contribution < 1.29 is 4.74 Å². The molecule has 3 rings (SSSR count). The van der Waals surface area contributed by atoms with Crippen molar-refractivity contribution in [3.63, 3.8) is 0 Å². The lowest BCUT2D eigenvalue weighted by molar-refractivity contribution is -0.0441. The summed E-state index contributed by atoms with van der Waals surface area (Å²) in [6.45, 7) is 10.2. The molecule has 1 aliphatic carbocycles. The lowest BCUT2D eigenvalue weighted by atomic mass is 10.0. The molecule has 4 nitrogen and oxygen atoms in total. The van der Waals surface area contributed by atoms with Gasteiger partial charge in [-0.25, -0.2) is 0 Å². The van der Waals surface area contributed by atoms with E-state index in [1.165, 1.54) is 45.2 Å². The molecule has 0 bridgehead atoms. The summed E-state index contributed by atoms with van der Waals surface area (Å²) < 4.78 is 6.00. The number of hydrogen-bond donors (Lipinski definition) is 1. The Kier molecular flexibility index (Phi) is 5.32. The molecule has 0 spiro atoms. The average Bonchev–Trinajstić information content (AvgIpc) is 3.33. The molecule has 4 heteroatoms. The van der Waals surface area contributed by atoms with Crippen LogP contribution in [0.15, 0.2) is 0 Å². The molecule has 2 atom stereocenters. The molecule has 0 radical (unpaired) electrons. The van der Waals surface area contributed by atoms with Crippen LogP contribution in [0.4, 0.5) is 0 Å². The Bertz CT molecular complexity index is 289. The second-order valence-electron chi connectivity index (χ2n) is 6.72. The molecule has 2 saturated heterocycles. The third-order valence-electron chi connectivity index (χ3n) is 5.04. The van der Waals surface area contributed by atoms with E-state index in [-0.39, 0.29) is 0 Å². The molecule has 116 valence electrons. The maximum Gasteiger partial charge on any atom is 0.0829 e. The van der Waals surface area contributed by atoms with Gasteiger partial charge in [-0.3, -0.25) is 9.80 Å². The fourth-order valence-electron chi connectivity index (χ4n) is 3.61. The Morgan fingerprint density at radius 2 is 2.10 bits per heavy atom. The largest absolute Gasteiger partial charge is 0.374 e. The van der Waals surface area contributed by atoms with Gasteiger partial charge in [0, 0.05) is 38.3 Å². The van der Waals surface area contributed by atoms with E-state index < -0.39 is 0 Å².